The molecule has 4 rings (SSSR count). The first-order valence-electron chi connectivity index (χ1n) is 9.28. The first-order valence-corrected chi connectivity index (χ1v) is 9.28. The Morgan fingerprint density at radius 3 is 2.58 bits per heavy atom. The Kier molecular flexibility index (Phi) is 4.97. The molecule has 0 radical (unpaired) electrons. The molecule has 9 heteroatoms. The molecule has 8 nitrogen and oxygen atoms in total. The molecule has 0 bridgehead atoms. The second-order valence-electron chi connectivity index (χ2n) is 6.96. The zero-order valence-corrected chi connectivity index (χ0v) is 16.3. The van der Waals surface area contributed by atoms with Gasteiger partial charge in [0.2, 0.25) is 0 Å². The number of H-pyrrole nitrogens is 1. The second-order valence-corrected chi connectivity index (χ2v) is 6.96. The number of nitrogens with one attached hydrogen (secondary N) is 2. The van der Waals surface area contributed by atoms with E-state index in [0.717, 1.165) is 4.90 Å². The minimum atomic E-state index is -0.620. The van der Waals surface area contributed by atoms with Crippen molar-refractivity contribution < 1.29 is 14.0 Å². The number of nitriles is 1. The third-order valence-electron chi connectivity index (χ3n) is 4.85. The maximum atomic E-state index is 13.2. The summed E-state index contributed by atoms with van der Waals surface area (Å²) in [5.74, 6) is -1.01. The molecular formula is C22H16FN5O3. The van der Waals surface area contributed by atoms with E-state index >= 15 is 0 Å². The number of imide groups is 1. The van der Waals surface area contributed by atoms with Crippen molar-refractivity contribution in [3.8, 4) is 11.8 Å². The first-order chi connectivity index (χ1) is 14.9. The summed E-state index contributed by atoms with van der Waals surface area (Å²) < 4.78 is 14.4. The van der Waals surface area contributed by atoms with Gasteiger partial charge in [0, 0.05) is 5.69 Å². The quantitative estimate of drug-likeness (QED) is 0.502. The molecule has 1 aliphatic rings. The fourth-order valence-corrected chi connectivity index (χ4v) is 3.28. The van der Waals surface area contributed by atoms with E-state index in [0.29, 0.717) is 22.5 Å². The lowest BCUT2D eigenvalue weighted by atomic mass is 10.1. The number of halogens is 1. The molecule has 0 atom stereocenters. The van der Waals surface area contributed by atoms with Gasteiger partial charge in [-0.3, -0.25) is 19.6 Å². The number of rotatable bonds is 4. The fraction of sp³-hybridized carbons (Fsp3) is 0.0909. The zero-order chi connectivity index (χ0) is 22.1. The van der Waals surface area contributed by atoms with E-state index in [1.54, 1.807) is 31.2 Å². The standard InChI is InChI=1S/C22H16FN5O3/c1-13-18(20(29)28(26-13)17-7-5-16(23)6-8-17)10-19-21(30)27(22(31)25-19)12-15-4-2-3-14(9-15)11-24/h2-10,26H,12H2,1H3,(H,25,31)/b19-10-. The SMILES string of the molecule is Cc1[nH]n(-c2ccc(F)cc2)c(=O)c1/C=C1\NC(=O)N(Cc2cccc(C#N)c2)C1=O. The van der Waals surface area contributed by atoms with Gasteiger partial charge in [-0.05, 0) is 55.0 Å². The molecule has 1 saturated heterocycles. The van der Waals surface area contributed by atoms with Crippen LogP contribution in [0.2, 0.25) is 0 Å². The first kappa shape index (κ1) is 19.8. The number of hydrogen-bond acceptors (Lipinski definition) is 4. The highest BCUT2D eigenvalue weighted by molar-refractivity contribution is 6.13. The van der Waals surface area contributed by atoms with Gasteiger partial charge in [0.1, 0.15) is 11.5 Å². The van der Waals surface area contributed by atoms with Crippen molar-refractivity contribution >= 4 is 18.0 Å². The van der Waals surface area contributed by atoms with Gasteiger partial charge in [-0.15, -0.1) is 0 Å². The van der Waals surface area contributed by atoms with Crippen LogP contribution < -0.4 is 10.9 Å². The second kappa shape index (κ2) is 7.76. The smallest absolute Gasteiger partial charge is 0.303 e. The summed E-state index contributed by atoms with van der Waals surface area (Å²) >= 11 is 0. The molecule has 3 amide bonds. The molecule has 1 fully saturated rings. The molecule has 0 aliphatic carbocycles. The predicted octanol–water partition coefficient (Wildman–Crippen LogP) is 2.58. The highest BCUT2D eigenvalue weighted by atomic mass is 19.1. The van der Waals surface area contributed by atoms with Gasteiger partial charge >= 0.3 is 6.03 Å². The molecule has 3 aromatic rings. The molecule has 1 aromatic heterocycles. The summed E-state index contributed by atoms with van der Waals surface area (Å²) in [5.41, 5.74) is 1.67. The van der Waals surface area contributed by atoms with Crippen LogP contribution in [0.5, 0.6) is 0 Å². The topological polar surface area (TPSA) is 111 Å². The van der Waals surface area contributed by atoms with Crippen LogP contribution in [-0.2, 0) is 11.3 Å². The Bertz CT molecular complexity index is 1330. The Labute approximate surface area is 175 Å². The van der Waals surface area contributed by atoms with Gasteiger partial charge in [-0.2, -0.15) is 5.26 Å². The van der Waals surface area contributed by atoms with Crippen LogP contribution >= 0.6 is 0 Å². The van der Waals surface area contributed by atoms with Crippen LogP contribution in [0.3, 0.4) is 0 Å². The third-order valence-corrected chi connectivity index (χ3v) is 4.85. The average Bonchev–Trinajstić information content (AvgIpc) is 3.19. The van der Waals surface area contributed by atoms with Crippen LogP contribution in [0.15, 0.2) is 59.0 Å². The number of nitrogens with zero attached hydrogens (tertiary/aromatic N) is 3. The van der Waals surface area contributed by atoms with Gasteiger partial charge in [0.05, 0.1) is 29.4 Å². The van der Waals surface area contributed by atoms with E-state index in [4.69, 9.17) is 5.26 Å². The van der Waals surface area contributed by atoms with Crippen molar-refractivity contribution in [3.63, 3.8) is 0 Å². The monoisotopic (exact) mass is 417 g/mol. The van der Waals surface area contributed by atoms with Gasteiger partial charge in [0.15, 0.2) is 0 Å². The van der Waals surface area contributed by atoms with Gasteiger partial charge < -0.3 is 5.32 Å². The summed E-state index contributed by atoms with van der Waals surface area (Å²) in [6.45, 7) is 1.64. The Hall–Kier alpha value is -4.45. The van der Waals surface area contributed by atoms with Crippen molar-refractivity contribution in [1.82, 2.24) is 20.0 Å². The number of aromatic nitrogens is 2. The number of aryl methyl sites for hydroxylation is 1. The van der Waals surface area contributed by atoms with Crippen LogP contribution in [0.1, 0.15) is 22.4 Å². The van der Waals surface area contributed by atoms with Crippen molar-refractivity contribution in [2.45, 2.75) is 13.5 Å². The fourth-order valence-electron chi connectivity index (χ4n) is 3.28. The highest BCUT2D eigenvalue weighted by Gasteiger charge is 2.34. The Balaban J connectivity index is 1.63. The molecule has 31 heavy (non-hydrogen) atoms. The van der Waals surface area contributed by atoms with Crippen molar-refractivity contribution in [1.29, 1.82) is 5.26 Å². The van der Waals surface area contributed by atoms with Crippen molar-refractivity contribution in [2.24, 2.45) is 0 Å². The molecule has 2 heterocycles. The molecule has 0 spiro atoms. The number of carbonyl (C=O) groups excluding carboxylic acids is 2. The van der Waals surface area contributed by atoms with Gasteiger partial charge in [-0.25, -0.2) is 13.9 Å². The maximum absolute atomic E-state index is 13.2. The maximum Gasteiger partial charge on any atom is 0.329 e. The summed E-state index contributed by atoms with van der Waals surface area (Å²) in [7, 11) is 0. The molecular weight excluding hydrogens is 401 g/mol. The minimum absolute atomic E-state index is 0.0105. The summed E-state index contributed by atoms with van der Waals surface area (Å²) in [6.07, 6.45) is 1.32. The summed E-state index contributed by atoms with van der Waals surface area (Å²) in [4.78, 5) is 38.9. The number of hydrogen-bond donors (Lipinski definition) is 2. The van der Waals surface area contributed by atoms with E-state index in [1.807, 2.05) is 6.07 Å². The van der Waals surface area contributed by atoms with Crippen LogP contribution in [-0.4, -0.2) is 26.6 Å². The lowest BCUT2D eigenvalue weighted by Gasteiger charge is -2.11. The third kappa shape index (κ3) is 3.74. The summed E-state index contributed by atoms with van der Waals surface area (Å²) in [6, 6.07) is 13.4. The zero-order valence-electron chi connectivity index (χ0n) is 16.3. The number of benzene rings is 2. The normalized spacial score (nSPS) is 14.7. The van der Waals surface area contributed by atoms with E-state index in [2.05, 4.69) is 10.4 Å². The average molecular weight is 417 g/mol. The van der Waals surface area contributed by atoms with Crippen molar-refractivity contribution in [2.75, 3.05) is 0 Å². The predicted molar refractivity (Wildman–Crippen MR) is 109 cm³/mol. The lowest BCUT2D eigenvalue weighted by molar-refractivity contribution is -0.123. The van der Waals surface area contributed by atoms with E-state index in [-0.39, 0.29) is 17.8 Å². The number of urea groups is 1. The van der Waals surface area contributed by atoms with Gasteiger partial charge in [0.25, 0.3) is 11.5 Å². The summed E-state index contributed by atoms with van der Waals surface area (Å²) in [5, 5.41) is 14.4. The van der Waals surface area contributed by atoms with Crippen LogP contribution in [0.4, 0.5) is 9.18 Å². The number of carbonyl (C=O) groups is 2. The van der Waals surface area contributed by atoms with Crippen molar-refractivity contribution in [3.05, 3.63) is 92.8 Å². The van der Waals surface area contributed by atoms with E-state index in [1.165, 1.54) is 35.0 Å². The van der Waals surface area contributed by atoms with E-state index in [9.17, 15) is 18.8 Å². The Morgan fingerprint density at radius 1 is 1.13 bits per heavy atom. The highest BCUT2D eigenvalue weighted by Crippen LogP contribution is 2.18. The molecule has 2 N–H and O–H groups in total. The van der Waals surface area contributed by atoms with Crippen LogP contribution in [0.25, 0.3) is 11.8 Å². The molecule has 1 aliphatic heterocycles. The van der Waals surface area contributed by atoms with E-state index < -0.39 is 23.3 Å². The number of amides is 3. The number of aromatic amines is 1. The largest absolute Gasteiger partial charge is 0.329 e. The molecule has 154 valence electrons. The van der Waals surface area contributed by atoms with Gasteiger partial charge in [-0.1, -0.05) is 12.1 Å². The molecule has 0 unspecified atom stereocenters. The lowest BCUT2D eigenvalue weighted by Crippen LogP contribution is -2.30. The molecule has 2 aromatic carbocycles. The van der Waals surface area contributed by atoms with Crippen LogP contribution in [0, 0.1) is 24.1 Å². The Morgan fingerprint density at radius 2 is 1.87 bits per heavy atom. The minimum Gasteiger partial charge on any atom is -0.303 e. The molecule has 0 saturated carbocycles.